The molecule has 0 fully saturated rings. The number of alkyl carbamates (subject to hydrolysis) is 1. The molecule has 0 saturated heterocycles. The van der Waals surface area contributed by atoms with E-state index in [4.69, 9.17) is 9.47 Å². The Labute approximate surface area is 151 Å². The van der Waals surface area contributed by atoms with E-state index in [1.165, 1.54) is 11.0 Å². The first-order valence-corrected chi connectivity index (χ1v) is 8.39. The van der Waals surface area contributed by atoms with Gasteiger partial charge in [0.15, 0.2) is 0 Å². The maximum absolute atomic E-state index is 12.5. The number of rotatable bonds is 7. The van der Waals surface area contributed by atoms with Gasteiger partial charge in [-0.3, -0.25) is 0 Å². The van der Waals surface area contributed by atoms with E-state index in [0.29, 0.717) is 0 Å². The van der Waals surface area contributed by atoms with Crippen LogP contribution in [0.1, 0.15) is 39.4 Å². The highest BCUT2D eigenvalue weighted by atomic mass is 16.6. The summed E-state index contributed by atoms with van der Waals surface area (Å²) in [6, 6.07) is 6.55. The number of nitrogens with zero attached hydrogens (tertiary/aromatic N) is 4. The molecule has 0 aliphatic rings. The molecule has 26 heavy (non-hydrogen) atoms. The summed E-state index contributed by atoms with van der Waals surface area (Å²) in [4.78, 5) is 24.1. The number of ether oxygens (including phenoxy) is 2. The second kappa shape index (κ2) is 8.93. The standard InChI is InChI=1S/C17H23N5O4/c1-5-25-17(24)19-15(11(2)3)16(23)26-12(4)13-7-6-8-14(9-13)22-10-18-20-21-22/h6-12,15H,5H2,1-4H3,(H,19,24). The van der Waals surface area contributed by atoms with Crippen molar-refractivity contribution in [2.75, 3.05) is 6.61 Å². The summed E-state index contributed by atoms with van der Waals surface area (Å²) >= 11 is 0. The van der Waals surface area contributed by atoms with E-state index in [0.717, 1.165) is 11.3 Å². The van der Waals surface area contributed by atoms with Crippen molar-refractivity contribution in [3.05, 3.63) is 36.2 Å². The molecule has 0 saturated carbocycles. The number of hydrogen-bond donors (Lipinski definition) is 1. The summed E-state index contributed by atoms with van der Waals surface area (Å²) < 4.78 is 11.9. The molecule has 0 spiro atoms. The van der Waals surface area contributed by atoms with Crippen molar-refractivity contribution in [3.63, 3.8) is 0 Å². The third-order valence-electron chi connectivity index (χ3n) is 3.72. The van der Waals surface area contributed by atoms with Crippen LogP contribution < -0.4 is 5.32 Å². The molecule has 0 aliphatic carbocycles. The molecule has 2 rings (SSSR count). The van der Waals surface area contributed by atoms with Crippen molar-refractivity contribution in [1.29, 1.82) is 0 Å². The minimum atomic E-state index is -0.792. The van der Waals surface area contributed by atoms with Crippen LogP contribution in [0.5, 0.6) is 0 Å². The molecule has 9 nitrogen and oxygen atoms in total. The monoisotopic (exact) mass is 361 g/mol. The Kier molecular flexibility index (Phi) is 6.65. The zero-order valence-electron chi connectivity index (χ0n) is 15.2. The fourth-order valence-electron chi connectivity index (χ4n) is 2.31. The van der Waals surface area contributed by atoms with Crippen LogP contribution in [0.2, 0.25) is 0 Å². The van der Waals surface area contributed by atoms with Gasteiger partial charge >= 0.3 is 12.1 Å². The molecule has 0 bridgehead atoms. The van der Waals surface area contributed by atoms with Crippen LogP contribution in [0.25, 0.3) is 5.69 Å². The predicted octanol–water partition coefficient (Wildman–Crippen LogP) is 2.04. The van der Waals surface area contributed by atoms with Crippen LogP contribution in [0, 0.1) is 5.92 Å². The first-order valence-electron chi connectivity index (χ1n) is 8.39. The maximum atomic E-state index is 12.5. The van der Waals surface area contributed by atoms with Crippen molar-refractivity contribution in [2.45, 2.75) is 39.8 Å². The predicted molar refractivity (Wildman–Crippen MR) is 92.4 cm³/mol. The Hall–Kier alpha value is -2.97. The van der Waals surface area contributed by atoms with Crippen molar-refractivity contribution < 1.29 is 19.1 Å². The van der Waals surface area contributed by atoms with Crippen molar-refractivity contribution in [1.82, 2.24) is 25.5 Å². The molecule has 1 heterocycles. The molecule has 1 amide bonds. The van der Waals surface area contributed by atoms with Gasteiger partial charge in [-0.25, -0.2) is 14.3 Å². The van der Waals surface area contributed by atoms with Gasteiger partial charge in [-0.05, 0) is 47.9 Å². The smallest absolute Gasteiger partial charge is 0.407 e. The van der Waals surface area contributed by atoms with E-state index >= 15 is 0 Å². The molecule has 9 heteroatoms. The zero-order chi connectivity index (χ0) is 19.1. The van der Waals surface area contributed by atoms with Gasteiger partial charge in [-0.1, -0.05) is 26.0 Å². The molecule has 1 aromatic carbocycles. The second-order valence-corrected chi connectivity index (χ2v) is 6.01. The molecular weight excluding hydrogens is 338 g/mol. The third-order valence-corrected chi connectivity index (χ3v) is 3.72. The van der Waals surface area contributed by atoms with E-state index in [-0.39, 0.29) is 12.5 Å². The van der Waals surface area contributed by atoms with Gasteiger partial charge in [0.1, 0.15) is 18.5 Å². The number of carbonyl (C=O) groups excluding carboxylic acids is 2. The van der Waals surface area contributed by atoms with Gasteiger partial charge in [0.2, 0.25) is 0 Å². The first-order chi connectivity index (χ1) is 12.4. The van der Waals surface area contributed by atoms with Crippen LogP contribution in [0.4, 0.5) is 4.79 Å². The van der Waals surface area contributed by atoms with Crippen LogP contribution in [-0.4, -0.2) is 44.9 Å². The maximum Gasteiger partial charge on any atom is 0.407 e. The van der Waals surface area contributed by atoms with Gasteiger partial charge in [0, 0.05) is 0 Å². The van der Waals surface area contributed by atoms with E-state index in [9.17, 15) is 9.59 Å². The molecule has 2 aromatic rings. The highest BCUT2D eigenvalue weighted by Crippen LogP contribution is 2.21. The minimum absolute atomic E-state index is 0.147. The van der Waals surface area contributed by atoms with E-state index in [2.05, 4.69) is 20.8 Å². The molecule has 140 valence electrons. The highest BCUT2D eigenvalue weighted by Gasteiger charge is 2.28. The summed E-state index contributed by atoms with van der Waals surface area (Å²) in [5.41, 5.74) is 1.53. The lowest BCUT2D eigenvalue weighted by Crippen LogP contribution is -2.45. The summed E-state index contributed by atoms with van der Waals surface area (Å²) in [5, 5.41) is 13.6. The quantitative estimate of drug-likeness (QED) is 0.752. The number of benzene rings is 1. The van der Waals surface area contributed by atoms with Gasteiger partial charge in [0.05, 0.1) is 12.3 Å². The van der Waals surface area contributed by atoms with Crippen molar-refractivity contribution in [2.24, 2.45) is 5.92 Å². The van der Waals surface area contributed by atoms with Crippen molar-refractivity contribution in [3.8, 4) is 5.69 Å². The Morgan fingerprint density at radius 3 is 2.65 bits per heavy atom. The van der Waals surface area contributed by atoms with Crippen LogP contribution in [-0.2, 0) is 14.3 Å². The average molecular weight is 361 g/mol. The lowest BCUT2D eigenvalue weighted by molar-refractivity contribution is -0.152. The lowest BCUT2D eigenvalue weighted by atomic mass is 10.0. The van der Waals surface area contributed by atoms with Gasteiger partial charge in [-0.2, -0.15) is 0 Å². The number of nitrogens with one attached hydrogen (secondary N) is 1. The molecular formula is C17H23N5O4. The number of tetrazole rings is 1. The highest BCUT2D eigenvalue weighted by molar-refractivity contribution is 5.81. The SMILES string of the molecule is CCOC(=O)NC(C(=O)OC(C)c1cccc(-n2cnnn2)c1)C(C)C. The van der Waals surface area contributed by atoms with Crippen LogP contribution in [0.15, 0.2) is 30.6 Å². The largest absolute Gasteiger partial charge is 0.456 e. The zero-order valence-corrected chi connectivity index (χ0v) is 15.2. The van der Waals surface area contributed by atoms with Gasteiger partial charge < -0.3 is 14.8 Å². The third kappa shape index (κ3) is 5.01. The Balaban J connectivity index is 2.07. The van der Waals surface area contributed by atoms with Crippen LogP contribution in [0.3, 0.4) is 0 Å². The van der Waals surface area contributed by atoms with E-state index in [1.54, 1.807) is 13.8 Å². The summed E-state index contributed by atoms with van der Waals surface area (Å²) in [5.74, 6) is -0.667. The number of amides is 1. The van der Waals surface area contributed by atoms with Crippen molar-refractivity contribution >= 4 is 12.1 Å². The van der Waals surface area contributed by atoms with Crippen LogP contribution >= 0.6 is 0 Å². The first kappa shape index (κ1) is 19.4. The molecule has 2 unspecified atom stereocenters. The Bertz CT molecular complexity index is 733. The number of carbonyl (C=O) groups is 2. The average Bonchev–Trinajstić information content (AvgIpc) is 3.14. The second-order valence-electron chi connectivity index (χ2n) is 6.01. The molecule has 0 radical (unpaired) electrons. The number of esters is 1. The number of aromatic nitrogens is 4. The lowest BCUT2D eigenvalue weighted by Gasteiger charge is -2.23. The summed E-state index contributed by atoms with van der Waals surface area (Å²) in [6.07, 6.45) is 0.328. The summed E-state index contributed by atoms with van der Waals surface area (Å²) in [7, 11) is 0. The Morgan fingerprint density at radius 2 is 2.04 bits per heavy atom. The van der Waals surface area contributed by atoms with Gasteiger partial charge in [-0.15, -0.1) is 5.10 Å². The fourth-order valence-corrected chi connectivity index (χ4v) is 2.31. The summed E-state index contributed by atoms with van der Waals surface area (Å²) in [6.45, 7) is 7.33. The molecule has 0 aliphatic heterocycles. The minimum Gasteiger partial charge on any atom is -0.456 e. The molecule has 2 atom stereocenters. The normalized spacial score (nSPS) is 13.1. The number of hydrogen-bond acceptors (Lipinski definition) is 7. The topological polar surface area (TPSA) is 108 Å². The van der Waals surface area contributed by atoms with E-state index in [1.807, 2.05) is 38.1 Å². The fraction of sp³-hybridized carbons (Fsp3) is 0.471. The molecule has 1 aromatic heterocycles. The van der Waals surface area contributed by atoms with E-state index < -0.39 is 24.2 Å². The Morgan fingerprint density at radius 1 is 1.27 bits per heavy atom. The molecule has 1 N–H and O–H groups in total. The van der Waals surface area contributed by atoms with Gasteiger partial charge in [0.25, 0.3) is 0 Å².